The summed E-state index contributed by atoms with van der Waals surface area (Å²) >= 11 is 3.41. The monoisotopic (exact) mass is 311 g/mol. The van der Waals surface area contributed by atoms with E-state index < -0.39 is 0 Å². The third kappa shape index (κ3) is 3.34. The van der Waals surface area contributed by atoms with Crippen LogP contribution in [0.2, 0.25) is 0 Å². The molecule has 2 nitrogen and oxygen atoms in total. The van der Waals surface area contributed by atoms with E-state index in [1.807, 2.05) is 24.3 Å². The van der Waals surface area contributed by atoms with E-state index in [1.165, 1.54) is 19.4 Å². The molecule has 0 bridgehead atoms. The maximum atomic E-state index is 10.2. The van der Waals surface area contributed by atoms with Crippen molar-refractivity contribution in [2.75, 3.05) is 13.1 Å². The van der Waals surface area contributed by atoms with Crippen LogP contribution in [0.5, 0.6) is 0 Å². The van der Waals surface area contributed by atoms with E-state index in [-0.39, 0.29) is 6.10 Å². The van der Waals surface area contributed by atoms with Crippen molar-refractivity contribution in [3.05, 3.63) is 34.3 Å². The molecule has 0 amide bonds. The van der Waals surface area contributed by atoms with Crippen molar-refractivity contribution in [3.63, 3.8) is 0 Å². The van der Waals surface area contributed by atoms with E-state index in [4.69, 9.17) is 0 Å². The van der Waals surface area contributed by atoms with E-state index in [0.29, 0.717) is 5.54 Å². The van der Waals surface area contributed by atoms with Gasteiger partial charge >= 0.3 is 0 Å². The molecule has 0 aliphatic carbocycles. The maximum absolute atomic E-state index is 10.2. The molecule has 100 valence electrons. The Morgan fingerprint density at radius 1 is 1.33 bits per heavy atom. The second-order valence-corrected chi connectivity index (χ2v) is 6.67. The molecule has 0 aromatic heterocycles. The summed E-state index contributed by atoms with van der Waals surface area (Å²) in [5.74, 6) is 0. The second-order valence-electron chi connectivity index (χ2n) is 5.76. The van der Waals surface area contributed by atoms with Gasteiger partial charge in [0, 0.05) is 16.6 Å². The quantitative estimate of drug-likeness (QED) is 0.915. The average Bonchev–Trinajstić information content (AvgIpc) is 2.66. The maximum Gasteiger partial charge on any atom is 0.0802 e. The van der Waals surface area contributed by atoms with Gasteiger partial charge in [-0.3, -0.25) is 4.90 Å². The molecular formula is C15H22BrNO. The fourth-order valence-corrected chi connectivity index (χ4v) is 2.97. The predicted octanol–water partition coefficient (Wildman–Crippen LogP) is 3.75. The molecule has 1 saturated heterocycles. The number of hydrogen-bond donors (Lipinski definition) is 1. The zero-order valence-corrected chi connectivity index (χ0v) is 12.8. The second kappa shape index (κ2) is 5.72. The molecule has 1 aliphatic heterocycles. The fraction of sp³-hybridized carbons (Fsp3) is 0.600. The summed E-state index contributed by atoms with van der Waals surface area (Å²) < 4.78 is 1.05. The van der Waals surface area contributed by atoms with Gasteiger partial charge in [0.1, 0.15) is 0 Å². The minimum absolute atomic E-state index is 0.305. The zero-order chi connectivity index (χ0) is 13.2. The summed E-state index contributed by atoms with van der Waals surface area (Å²) in [6.45, 7) is 6.74. The van der Waals surface area contributed by atoms with Gasteiger partial charge in [-0.05, 0) is 57.4 Å². The highest BCUT2D eigenvalue weighted by Gasteiger charge is 2.31. The van der Waals surface area contributed by atoms with Crippen molar-refractivity contribution < 1.29 is 5.11 Å². The van der Waals surface area contributed by atoms with E-state index in [2.05, 4.69) is 34.7 Å². The van der Waals surface area contributed by atoms with E-state index in [0.717, 1.165) is 23.0 Å². The molecular weight excluding hydrogens is 290 g/mol. The van der Waals surface area contributed by atoms with Gasteiger partial charge in [-0.2, -0.15) is 0 Å². The number of rotatable bonds is 4. The van der Waals surface area contributed by atoms with E-state index >= 15 is 0 Å². The Balaban J connectivity index is 1.88. The number of aliphatic hydroxyl groups excluding tert-OH is 1. The number of nitrogens with zero attached hydrogens (tertiary/aromatic N) is 1. The lowest BCUT2D eigenvalue weighted by Crippen LogP contribution is -2.39. The summed E-state index contributed by atoms with van der Waals surface area (Å²) in [6, 6.07) is 7.95. The minimum Gasteiger partial charge on any atom is -0.388 e. The third-order valence-electron chi connectivity index (χ3n) is 4.00. The van der Waals surface area contributed by atoms with Crippen molar-refractivity contribution in [1.29, 1.82) is 0 Å². The van der Waals surface area contributed by atoms with Crippen LogP contribution >= 0.6 is 15.9 Å². The van der Waals surface area contributed by atoms with Crippen molar-refractivity contribution in [2.24, 2.45) is 0 Å². The van der Waals surface area contributed by atoms with Gasteiger partial charge < -0.3 is 5.11 Å². The van der Waals surface area contributed by atoms with Gasteiger partial charge in [0.2, 0.25) is 0 Å². The number of likely N-dealkylation sites (tertiary alicyclic amines) is 1. The minimum atomic E-state index is -0.352. The van der Waals surface area contributed by atoms with Crippen molar-refractivity contribution >= 4 is 15.9 Å². The highest BCUT2D eigenvalue weighted by molar-refractivity contribution is 9.10. The molecule has 0 saturated carbocycles. The first-order valence-electron chi connectivity index (χ1n) is 6.68. The SMILES string of the molecule is CC1(C)CCCN1CCC(O)c1ccc(Br)cc1. The smallest absolute Gasteiger partial charge is 0.0802 e. The molecule has 0 radical (unpaired) electrons. The first-order valence-corrected chi connectivity index (χ1v) is 7.47. The molecule has 1 aromatic rings. The first-order chi connectivity index (χ1) is 8.49. The standard InChI is InChI=1S/C15H22BrNO/c1-15(2)9-3-10-17(15)11-8-14(18)12-4-6-13(16)7-5-12/h4-7,14,18H,3,8-11H2,1-2H3. The Hall–Kier alpha value is -0.380. The van der Waals surface area contributed by atoms with Crippen LogP contribution in [0.25, 0.3) is 0 Å². The Bertz CT molecular complexity index is 388. The van der Waals surface area contributed by atoms with Gasteiger partial charge in [0.05, 0.1) is 6.10 Å². The molecule has 1 aliphatic rings. The van der Waals surface area contributed by atoms with Crippen LogP contribution in [-0.2, 0) is 0 Å². The van der Waals surface area contributed by atoms with Crippen molar-refractivity contribution in [3.8, 4) is 0 Å². The van der Waals surface area contributed by atoms with Crippen molar-refractivity contribution in [1.82, 2.24) is 4.90 Å². The van der Waals surface area contributed by atoms with Crippen LogP contribution in [0.4, 0.5) is 0 Å². The molecule has 1 atom stereocenters. The lowest BCUT2D eigenvalue weighted by atomic mass is 10.0. The molecule has 0 spiro atoms. The summed E-state index contributed by atoms with van der Waals surface area (Å²) in [6.07, 6.45) is 3.00. The van der Waals surface area contributed by atoms with Gasteiger partial charge in [-0.15, -0.1) is 0 Å². The van der Waals surface area contributed by atoms with Gasteiger partial charge in [-0.25, -0.2) is 0 Å². The number of benzene rings is 1. The molecule has 18 heavy (non-hydrogen) atoms. The summed E-state index contributed by atoms with van der Waals surface area (Å²) in [4.78, 5) is 2.50. The first kappa shape index (κ1) is 14.0. The summed E-state index contributed by atoms with van der Waals surface area (Å²) in [5, 5.41) is 10.2. The van der Waals surface area contributed by atoms with Crippen LogP contribution in [-0.4, -0.2) is 28.6 Å². The molecule has 2 rings (SSSR count). The average molecular weight is 312 g/mol. The lowest BCUT2D eigenvalue weighted by Gasteiger charge is -2.32. The molecule has 1 aromatic carbocycles. The van der Waals surface area contributed by atoms with Crippen LogP contribution in [0.1, 0.15) is 44.8 Å². The van der Waals surface area contributed by atoms with Crippen LogP contribution < -0.4 is 0 Å². The van der Waals surface area contributed by atoms with Crippen LogP contribution in [0, 0.1) is 0 Å². The molecule has 1 fully saturated rings. The summed E-state index contributed by atoms with van der Waals surface area (Å²) in [5.41, 5.74) is 1.31. The topological polar surface area (TPSA) is 23.5 Å². The Kier molecular flexibility index (Phi) is 4.46. The normalized spacial score (nSPS) is 21.1. The number of hydrogen-bond acceptors (Lipinski definition) is 2. The Morgan fingerprint density at radius 2 is 2.00 bits per heavy atom. The third-order valence-corrected chi connectivity index (χ3v) is 4.53. The molecule has 3 heteroatoms. The van der Waals surface area contributed by atoms with E-state index in [1.54, 1.807) is 0 Å². The van der Waals surface area contributed by atoms with Crippen LogP contribution in [0.15, 0.2) is 28.7 Å². The van der Waals surface area contributed by atoms with E-state index in [9.17, 15) is 5.11 Å². The largest absolute Gasteiger partial charge is 0.388 e. The lowest BCUT2D eigenvalue weighted by molar-refractivity contribution is 0.115. The molecule has 1 heterocycles. The zero-order valence-electron chi connectivity index (χ0n) is 11.2. The van der Waals surface area contributed by atoms with Crippen molar-refractivity contribution in [2.45, 2.75) is 44.8 Å². The van der Waals surface area contributed by atoms with Gasteiger partial charge in [0.25, 0.3) is 0 Å². The fourth-order valence-electron chi connectivity index (χ4n) is 2.71. The summed E-state index contributed by atoms with van der Waals surface area (Å²) in [7, 11) is 0. The highest BCUT2D eigenvalue weighted by Crippen LogP contribution is 2.29. The highest BCUT2D eigenvalue weighted by atomic mass is 79.9. The number of aliphatic hydroxyl groups is 1. The molecule has 1 unspecified atom stereocenters. The molecule has 1 N–H and O–H groups in total. The Labute approximate surface area is 118 Å². The number of halogens is 1. The van der Waals surface area contributed by atoms with Gasteiger partial charge in [0.15, 0.2) is 0 Å². The van der Waals surface area contributed by atoms with Gasteiger partial charge in [-0.1, -0.05) is 28.1 Å². The van der Waals surface area contributed by atoms with Crippen LogP contribution in [0.3, 0.4) is 0 Å². The predicted molar refractivity (Wildman–Crippen MR) is 78.6 cm³/mol. The Morgan fingerprint density at radius 3 is 2.56 bits per heavy atom.